The molecule has 0 aromatic heterocycles. The van der Waals surface area contributed by atoms with E-state index in [1.54, 1.807) is 19.2 Å². The molecular formula is C15H24FN3. The Morgan fingerprint density at radius 1 is 1.16 bits per heavy atom. The molecule has 19 heavy (non-hydrogen) atoms. The molecule has 0 radical (unpaired) electrons. The first-order chi connectivity index (χ1) is 9.27. The average molecular weight is 265 g/mol. The molecule has 0 saturated heterocycles. The summed E-state index contributed by atoms with van der Waals surface area (Å²) in [5.74, 6) is 0.535. The lowest BCUT2D eigenvalue weighted by atomic mass is 10.2. The van der Waals surface area contributed by atoms with Crippen LogP contribution in [0.25, 0.3) is 0 Å². The molecule has 1 rings (SSSR count). The highest BCUT2D eigenvalue weighted by Gasteiger charge is 2.02. The Labute approximate surface area is 115 Å². The van der Waals surface area contributed by atoms with Gasteiger partial charge in [-0.1, -0.05) is 44.4 Å². The van der Waals surface area contributed by atoms with Crippen molar-refractivity contribution in [2.24, 2.45) is 4.99 Å². The SMILES string of the molecule is CCCCCCNC(=NC)NCc1ccccc1F. The summed E-state index contributed by atoms with van der Waals surface area (Å²) in [7, 11) is 1.72. The monoisotopic (exact) mass is 265 g/mol. The molecule has 0 fully saturated rings. The van der Waals surface area contributed by atoms with Crippen molar-refractivity contribution in [2.45, 2.75) is 39.2 Å². The predicted molar refractivity (Wildman–Crippen MR) is 78.7 cm³/mol. The summed E-state index contributed by atoms with van der Waals surface area (Å²) in [6.45, 7) is 3.54. The van der Waals surface area contributed by atoms with Crippen molar-refractivity contribution in [3.8, 4) is 0 Å². The van der Waals surface area contributed by atoms with Crippen LogP contribution in [-0.4, -0.2) is 19.6 Å². The van der Waals surface area contributed by atoms with Gasteiger partial charge in [0.15, 0.2) is 5.96 Å². The van der Waals surface area contributed by atoms with E-state index < -0.39 is 0 Å². The lowest BCUT2D eigenvalue weighted by molar-refractivity contribution is 0.603. The highest BCUT2D eigenvalue weighted by Crippen LogP contribution is 2.05. The minimum absolute atomic E-state index is 0.187. The molecule has 0 spiro atoms. The summed E-state index contributed by atoms with van der Waals surface area (Å²) in [6.07, 6.45) is 4.87. The maximum absolute atomic E-state index is 13.4. The molecule has 0 heterocycles. The number of guanidine groups is 1. The van der Waals surface area contributed by atoms with Gasteiger partial charge in [0, 0.05) is 25.7 Å². The van der Waals surface area contributed by atoms with Gasteiger partial charge in [0.2, 0.25) is 0 Å². The Morgan fingerprint density at radius 2 is 1.95 bits per heavy atom. The van der Waals surface area contributed by atoms with E-state index in [4.69, 9.17) is 0 Å². The fraction of sp³-hybridized carbons (Fsp3) is 0.533. The third kappa shape index (κ3) is 6.22. The van der Waals surface area contributed by atoms with Gasteiger partial charge in [0.05, 0.1) is 0 Å². The van der Waals surface area contributed by atoms with Gasteiger partial charge in [0.1, 0.15) is 5.82 Å². The number of benzene rings is 1. The van der Waals surface area contributed by atoms with E-state index in [-0.39, 0.29) is 5.82 Å². The molecule has 0 atom stereocenters. The number of unbranched alkanes of at least 4 members (excludes halogenated alkanes) is 3. The molecule has 0 aliphatic carbocycles. The summed E-state index contributed by atoms with van der Waals surface area (Å²) < 4.78 is 13.4. The van der Waals surface area contributed by atoms with Gasteiger partial charge >= 0.3 is 0 Å². The minimum atomic E-state index is -0.187. The van der Waals surface area contributed by atoms with Crippen LogP contribution in [0.1, 0.15) is 38.2 Å². The highest BCUT2D eigenvalue weighted by atomic mass is 19.1. The van der Waals surface area contributed by atoms with Crippen LogP contribution < -0.4 is 10.6 Å². The minimum Gasteiger partial charge on any atom is -0.356 e. The van der Waals surface area contributed by atoms with E-state index in [9.17, 15) is 4.39 Å². The van der Waals surface area contributed by atoms with E-state index >= 15 is 0 Å². The second-order valence-electron chi connectivity index (χ2n) is 4.50. The second kappa shape index (κ2) is 9.36. The Bertz CT molecular complexity index is 391. The number of nitrogens with one attached hydrogen (secondary N) is 2. The van der Waals surface area contributed by atoms with E-state index in [0.29, 0.717) is 12.1 Å². The van der Waals surface area contributed by atoms with Gasteiger partial charge < -0.3 is 10.6 Å². The lowest BCUT2D eigenvalue weighted by Crippen LogP contribution is -2.37. The highest BCUT2D eigenvalue weighted by molar-refractivity contribution is 5.79. The number of hydrogen-bond acceptors (Lipinski definition) is 1. The first-order valence-electron chi connectivity index (χ1n) is 6.95. The summed E-state index contributed by atoms with van der Waals surface area (Å²) in [4.78, 5) is 4.12. The molecule has 0 aliphatic rings. The zero-order valence-electron chi connectivity index (χ0n) is 11.9. The van der Waals surface area contributed by atoms with Crippen molar-refractivity contribution in [3.05, 3.63) is 35.6 Å². The van der Waals surface area contributed by atoms with Crippen LogP contribution in [-0.2, 0) is 6.54 Å². The van der Waals surface area contributed by atoms with Crippen molar-refractivity contribution in [1.29, 1.82) is 0 Å². The second-order valence-corrected chi connectivity index (χ2v) is 4.50. The number of halogens is 1. The van der Waals surface area contributed by atoms with Crippen LogP contribution in [0.3, 0.4) is 0 Å². The van der Waals surface area contributed by atoms with Gasteiger partial charge in [-0.3, -0.25) is 4.99 Å². The molecule has 1 aromatic carbocycles. The summed E-state index contributed by atoms with van der Waals surface area (Å²) >= 11 is 0. The Kier molecular flexibility index (Phi) is 7.63. The van der Waals surface area contributed by atoms with Gasteiger partial charge in [0.25, 0.3) is 0 Å². The van der Waals surface area contributed by atoms with Crippen molar-refractivity contribution in [1.82, 2.24) is 10.6 Å². The van der Waals surface area contributed by atoms with Gasteiger partial charge in [-0.05, 0) is 12.5 Å². The molecule has 0 aliphatic heterocycles. The van der Waals surface area contributed by atoms with Crippen LogP contribution in [0.15, 0.2) is 29.3 Å². The Balaban J connectivity index is 2.28. The molecule has 3 nitrogen and oxygen atoms in total. The molecule has 4 heteroatoms. The van der Waals surface area contributed by atoms with Crippen LogP contribution >= 0.6 is 0 Å². The maximum Gasteiger partial charge on any atom is 0.191 e. The molecule has 106 valence electrons. The smallest absolute Gasteiger partial charge is 0.191 e. The zero-order chi connectivity index (χ0) is 13.9. The number of aliphatic imine (C=N–C) groups is 1. The Morgan fingerprint density at radius 3 is 2.63 bits per heavy atom. The zero-order valence-corrected chi connectivity index (χ0v) is 11.9. The third-order valence-corrected chi connectivity index (χ3v) is 2.95. The predicted octanol–water partition coefficient (Wildman–Crippen LogP) is 3.07. The topological polar surface area (TPSA) is 36.4 Å². The van der Waals surface area contributed by atoms with Crippen molar-refractivity contribution in [2.75, 3.05) is 13.6 Å². The van der Waals surface area contributed by atoms with Crippen LogP contribution in [0, 0.1) is 5.82 Å². The normalized spacial score (nSPS) is 11.4. The summed E-state index contributed by atoms with van der Waals surface area (Å²) in [6, 6.07) is 6.77. The van der Waals surface area contributed by atoms with E-state index in [1.807, 2.05) is 6.07 Å². The van der Waals surface area contributed by atoms with Gasteiger partial charge in [-0.2, -0.15) is 0 Å². The number of rotatable bonds is 7. The summed E-state index contributed by atoms with van der Waals surface area (Å²) in [5.41, 5.74) is 0.649. The van der Waals surface area contributed by atoms with E-state index in [0.717, 1.165) is 18.9 Å². The van der Waals surface area contributed by atoms with Crippen molar-refractivity contribution >= 4 is 5.96 Å². The molecule has 1 aromatic rings. The number of hydrogen-bond donors (Lipinski definition) is 2. The van der Waals surface area contributed by atoms with Crippen LogP contribution in [0.2, 0.25) is 0 Å². The lowest BCUT2D eigenvalue weighted by Gasteiger charge is -2.12. The molecule has 0 saturated carbocycles. The fourth-order valence-corrected chi connectivity index (χ4v) is 1.80. The fourth-order valence-electron chi connectivity index (χ4n) is 1.80. The third-order valence-electron chi connectivity index (χ3n) is 2.95. The average Bonchev–Trinajstić information content (AvgIpc) is 2.43. The maximum atomic E-state index is 13.4. The molecule has 0 bridgehead atoms. The van der Waals surface area contributed by atoms with Gasteiger partial charge in [-0.25, -0.2) is 4.39 Å². The van der Waals surface area contributed by atoms with Crippen LogP contribution in [0.4, 0.5) is 4.39 Å². The molecule has 2 N–H and O–H groups in total. The molecule has 0 amide bonds. The van der Waals surface area contributed by atoms with E-state index in [2.05, 4.69) is 22.5 Å². The quantitative estimate of drug-likeness (QED) is 0.451. The standard InChI is InChI=1S/C15H24FN3/c1-3-4-5-8-11-18-15(17-2)19-12-13-9-6-7-10-14(13)16/h6-7,9-10H,3-5,8,11-12H2,1-2H3,(H2,17,18,19). The molecular weight excluding hydrogens is 241 g/mol. The van der Waals surface area contributed by atoms with Crippen molar-refractivity contribution in [3.63, 3.8) is 0 Å². The van der Waals surface area contributed by atoms with Gasteiger partial charge in [-0.15, -0.1) is 0 Å². The molecule has 0 unspecified atom stereocenters. The van der Waals surface area contributed by atoms with E-state index in [1.165, 1.54) is 25.3 Å². The van der Waals surface area contributed by atoms with Crippen LogP contribution in [0.5, 0.6) is 0 Å². The largest absolute Gasteiger partial charge is 0.356 e. The first-order valence-corrected chi connectivity index (χ1v) is 6.95. The first kappa shape index (κ1) is 15.5. The number of nitrogens with zero attached hydrogens (tertiary/aromatic N) is 1. The van der Waals surface area contributed by atoms with Crippen molar-refractivity contribution < 1.29 is 4.39 Å². The summed E-state index contributed by atoms with van der Waals surface area (Å²) in [5, 5.41) is 6.35. The Hall–Kier alpha value is -1.58.